The molecule has 106 valence electrons. The van der Waals surface area contributed by atoms with Crippen LogP contribution in [0.4, 0.5) is 11.6 Å². The second-order valence-electron chi connectivity index (χ2n) is 5.48. The summed E-state index contributed by atoms with van der Waals surface area (Å²) in [5.74, 6) is 1.71. The molecule has 0 amide bonds. The Hall–Kier alpha value is -2.04. The third kappa shape index (κ3) is 2.35. The number of aromatic nitrogens is 3. The number of nitrogen functional groups attached to an aromatic ring is 1. The number of aryl methyl sites for hydroxylation is 2. The molecule has 0 spiro atoms. The fraction of sp³-hybridized carbons (Fsp3) is 0.467. The molecule has 1 aliphatic rings. The minimum atomic E-state index is 0.750. The molecule has 1 aliphatic heterocycles. The quantitative estimate of drug-likeness (QED) is 0.852. The molecule has 5 heteroatoms. The van der Waals surface area contributed by atoms with Gasteiger partial charge >= 0.3 is 0 Å². The van der Waals surface area contributed by atoms with Crippen molar-refractivity contribution >= 4 is 11.6 Å². The number of hydrogen-bond donors (Lipinski definition) is 1. The average molecular weight is 271 g/mol. The van der Waals surface area contributed by atoms with Gasteiger partial charge in [-0.25, -0.2) is 4.68 Å². The highest BCUT2D eigenvalue weighted by molar-refractivity contribution is 5.64. The van der Waals surface area contributed by atoms with Crippen molar-refractivity contribution in [3.05, 3.63) is 23.8 Å². The highest BCUT2D eigenvalue weighted by Crippen LogP contribution is 2.24. The lowest BCUT2D eigenvalue weighted by Crippen LogP contribution is -2.31. The van der Waals surface area contributed by atoms with Crippen LogP contribution in [0, 0.1) is 6.92 Å². The van der Waals surface area contributed by atoms with E-state index in [0.717, 1.165) is 41.7 Å². The van der Waals surface area contributed by atoms with E-state index in [4.69, 9.17) is 10.7 Å². The lowest BCUT2D eigenvalue weighted by molar-refractivity contribution is 0.557. The van der Waals surface area contributed by atoms with E-state index < -0.39 is 0 Å². The van der Waals surface area contributed by atoms with Crippen molar-refractivity contribution in [3.8, 4) is 11.4 Å². The van der Waals surface area contributed by atoms with Gasteiger partial charge in [0.1, 0.15) is 0 Å². The van der Waals surface area contributed by atoms with Crippen LogP contribution in [0.5, 0.6) is 0 Å². The van der Waals surface area contributed by atoms with Gasteiger partial charge in [0.05, 0.1) is 0 Å². The molecule has 1 aromatic heterocycles. The maximum Gasteiger partial charge on any atom is 0.224 e. The van der Waals surface area contributed by atoms with Gasteiger partial charge in [-0.05, 0) is 37.8 Å². The van der Waals surface area contributed by atoms with Gasteiger partial charge in [-0.2, -0.15) is 4.98 Å². The van der Waals surface area contributed by atoms with Crippen LogP contribution in [-0.4, -0.2) is 27.9 Å². The summed E-state index contributed by atoms with van der Waals surface area (Å²) in [6.07, 6.45) is 3.79. The maximum absolute atomic E-state index is 5.97. The van der Waals surface area contributed by atoms with E-state index in [0.29, 0.717) is 0 Å². The van der Waals surface area contributed by atoms with Crippen molar-refractivity contribution < 1.29 is 0 Å². The molecule has 2 heterocycles. The zero-order valence-electron chi connectivity index (χ0n) is 12.1. The van der Waals surface area contributed by atoms with E-state index in [-0.39, 0.29) is 0 Å². The number of hydrogen-bond acceptors (Lipinski definition) is 4. The topological polar surface area (TPSA) is 60.0 Å². The Labute approximate surface area is 119 Å². The third-order valence-electron chi connectivity index (χ3n) is 3.92. The van der Waals surface area contributed by atoms with Gasteiger partial charge in [0.15, 0.2) is 5.82 Å². The van der Waals surface area contributed by atoms with Crippen LogP contribution in [0.3, 0.4) is 0 Å². The summed E-state index contributed by atoms with van der Waals surface area (Å²) in [4.78, 5) is 7.01. The highest BCUT2D eigenvalue weighted by atomic mass is 15.4. The lowest BCUT2D eigenvalue weighted by atomic mass is 10.1. The zero-order valence-corrected chi connectivity index (χ0v) is 12.1. The lowest BCUT2D eigenvalue weighted by Gasteiger charge is -2.26. The largest absolute Gasteiger partial charge is 0.398 e. The van der Waals surface area contributed by atoms with E-state index in [1.165, 1.54) is 19.3 Å². The first-order valence-electron chi connectivity index (χ1n) is 7.17. The molecule has 2 aromatic rings. The SMILES string of the molecule is Cc1ccc(-c2nc(N3CCCCC3)n(C)n2)cc1N. The molecule has 5 nitrogen and oxygen atoms in total. The second kappa shape index (κ2) is 5.15. The van der Waals surface area contributed by atoms with Crippen LogP contribution >= 0.6 is 0 Å². The van der Waals surface area contributed by atoms with Gasteiger partial charge in [0.2, 0.25) is 5.95 Å². The maximum atomic E-state index is 5.97. The van der Waals surface area contributed by atoms with Gasteiger partial charge in [-0.1, -0.05) is 12.1 Å². The van der Waals surface area contributed by atoms with E-state index >= 15 is 0 Å². The number of nitrogens with zero attached hydrogens (tertiary/aromatic N) is 4. The van der Waals surface area contributed by atoms with Gasteiger partial charge < -0.3 is 10.6 Å². The number of benzene rings is 1. The summed E-state index contributed by atoms with van der Waals surface area (Å²) in [6.45, 7) is 4.15. The minimum absolute atomic E-state index is 0.750. The van der Waals surface area contributed by atoms with Crippen molar-refractivity contribution in [2.75, 3.05) is 23.7 Å². The Morgan fingerprint density at radius 2 is 1.90 bits per heavy atom. The summed E-state index contributed by atoms with van der Waals surface area (Å²) in [7, 11) is 1.96. The van der Waals surface area contributed by atoms with Crippen molar-refractivity contribution in [3.63, 3.8) is 0 Å². The number of rotatable bonds is 2. The molecule has 0 radical (unpaired) electrons. The summed E-state index contributed by atoms with van der Waals surface area (Å²) in [5.41, 5.74) is 8.82. The van der Waals surface area contributed by atoms with Crippen molar-refractivity contribution in [1.29, 1.82) is 0 Å². The van der Waals surface area contributed by atoms with Gasteiger partial charge in [0, 0.05) is 31.4 Å². The Bertz CT molecular complexity index is 611. The smallest absolute Gasteiger partial charge is 0.224 e. The first kappa shape index (κ1) is 13.0. The molecule has 0 bridgehead atoms. The van der Waals surface area contributed by atoms with Crippen LogP contribution in [-0.2, 0) is 7.05 Å². The normalized spacial score (nSPS) is 15.6. The predicted octanol–water partition coefficient (Wildman–Crippen LogP) is 2.36. The Morgan fingerprint density at radius 3 is 2.60 bits per heavy atom. The predicted molar refractivity (Wildman–Crippen MR) is 81.7 cm³/mol. The average Bonchev–Trinajstić information content (AvgIpc) is 2.85. The summed E-state index contributed by atoms with van der Waals surface area (Å²) in [6, 6.07) is 5.99. The number of nitrogens with two attached hydrogens (primary N) is 1. The second-order valence-corrected chi connectivity index (χ2v) is 5.48. The van der Waals surface area contributed by atoms with Gasteiger partial charge in [-0.3, -0.25) is 0 Å². The number of piperidine rings is 1. The third-order valence-corrected chi connectivity index (χ3v) is 3.92. The Morgan fingerprint density at radius 1 is 1.15 bits per heavy atom. The minimum Gasteiger partial charge on any atom is -0.398 e. The van der Waals surface area contributed by atoms with Crippen LogP contribution in [0.2, 0.25) is 0 Å². The summed E-state index contributed by atoms with van der Waals surface area (Å²) < 4.78 is 1.87. The van der Waals surface area contributed by atoms with E-state index in [1.807, 2.05) is 36.9 Å². The van der Waals surface area contributed by atoms with Gasteiger partial charge in [0.25, 0.3) is 0 Å². The molecule has 1 saturated heterocycles. The molecule has 2 N–H and O–H groups in total. The summed E-state index contributed by atoms with van der Waals surface area (Å²) >= 11 is 0. The Balaban J connectivity index is 1.93. The van der Waals surface area contributed by atoms with E-state index in [1.54, 1.807) is 0 Å². The fourth-order valence-corrected chi connectivity index (χ4v) is 2.65. The zero-order chi connectivity index (χ0) is 14.1. The van der Waals surface area contributed by atoms with Crippen LogP contribution in [0.1, 0.15) is 24.8 Å². The molecule has 0 unspecified atom stereocenters. The molecule has 0 saturated carbocycles. The van der Waals surface area contributed by atoms with Gasteiger partial charge in [-0.15, -0.1) is 5.10 Å². The fourth-order valence-electron chi connectivity index (χ4n) is 2.65. The van der Waals surface area contributed by atoms with Crippen LogP contribution in [0.25, 0.3) is 11.4 Å². The van der Waals surface area contributed by atoms with Crippen LogP contribution < -0.4 is 10.6 Å². The van der Waals surface area contributed by atoms with Crippen molar-refractivity contribution in [1.82, 2.24) is 14.8 Å². The van der Waals surface area contributed by atoms with E-state index in [9.17, 15) is 0 Å². The monoisotopic (exact) mass is 271 g/mol. The molecular weight excluding hydrogens is 250 g/mol. The summed E-state index contributed by atoms with van der Waals surface area (Å²) in [5, 5.41) is 4.54. The van der Waals surface area contributed by atoms with Crippen molar-refractivity contribution in [2.24, 2.45) is 7.05 Å². The first-order valence-corrected chi connectivity index (χ1v) is 7.17. The Kier molecular flexibility index (Phi) is 3.34. The molecule has 3 rings (SSSR count). The van der Waals surface area contributed by atoms with Crippen molar-refractivity contribution in [2.45, 2.75) is 26.2 Å². The molecule has 0 atom stereocenters. The highest BCUT2D eigenvalue weighted by Gasteiger charge is 2.18. The molecule has 20 heavy (non-hydrogen) atoms. The number of anilines is 2. The van der Waals surface area contributed by atoms with Crippen LogP contribution in [0.15, 0.2) is 18.2 Å². The first-order chi connectivity index (χ1) is 9.65. The standard InChI is InChI=1S/C15H21N5/c1-11-6-7-12(10-13(11)16)14-17-15(19(2)18-14)20-8-4-3-5-9-20/h6-7,10H,3-5,8-9,16H2,1-2H3. The molecular formula is C15H21N5. The molecule has 1 fully saturated rings. The molecule has 1 aromatic carbocycles. The molecule has 0 aliphatic carbocycles. The van der Waals surface area contributed by atoms with E-state index in [2.05, 4.69) is 10.00 Å².